The van der Waals surface area contributed by atoms with Gasteiger partial charge < -0.3 is 10.0 Å². The lowest BCUT2D eigenvalue weighted by Crippen LogP contribution is -2.56. The van der Waals surface area contributed by atoms with Gasteiger partial charge in [-0.1, -0.05) is 0 Å². The third-order valence-electron chi connectivity index (χ3n) is 2.54. The lowest BCUT2D eigenvalue weighted by Gasteiger charge is -2.41. The van der Waals surface area contributed by atoms with Crippen LogP contribution in [-0.4, -0.2) is 60.1 Å². The van der Waals surface area contributed by atoms with Crippen LogP contribution >= 0.6 is 0 Å². The van der Waals surface area contributed by atoms with Crippen LogP contribution in [0.25, 0.3) is 0 Å². The zero-order valence-electron chi connectivity index (χ0n) is 7.60. The fraction of sp³-hybridized carbons (Fsp3) is 0.875. The Balaban J connectivity index is 2.57. The van der Waals surface area contributed by atoms with E-state index in [1.54, 1.807) is 4.90 Å². The minimum Gasteiger partial charge on any atom is -0.394 e. The Labute approximate surface area is 72.8 Å². The third kappa shape index (κ3) is 1.76. The summed E-state index contributed by atoms with van der Waals surface area (Å²) in [4.78, 5) is 14.4. The van der Waals surface area contributed by atoms with Crippen molar-refractivity contribution < 1.29 is 9.90 Å². The summed E-state index contributed by atoms with van der Waals surface area (Å²) in [5, 5.41) is 8.97. The Morgan fingerprint density at radius 1 is 1.58 bits per heavy atom. The van der Waals surface area contributed by atoms with E-state index in [4.69, 9.17) is 5.11 Å². The molecule has 70 valence electrons. The molecule has 0 aliphatic carbocycles. The molecule has 2 unspecified atom stereocenters. The van der Waals surface area contributed by atoms with Crippen LogP contribution in [0.2, 0.25) is 0 Å². The number of piperazine rings is 1. The van der Waals surface area contributed by atoms with E-state index in [-0.39, 0.29) is 12.6 Å². The zero-order valence-corrected chi connectivity index (χ0v) is 7.60. The molecule has 12 heavy (non-hydrogen) atoms. The summed E-state index contributed by atoms with van der Waals surface area (Å²) >= 11 is 0. The van der Waals surface area contributed by atoms with Crippen molar-refractivity contribution in [3.8, 4) is 0 Å². The fourth-order valence-electron chi connectivity index (χ4n) is 1.50. The van der Waals surface area contributed by atoms with Gasteiger partial charge in [-0.25, -0.2) is 0 Å². The Morgan fingerprint density at radius 2 is 2.25 bits per heavy atom. The van der Waals surface area contributed by atoms with Crippen molar-refractivity contribution in [2.45, 2.75) is 19.0 Å². The van der Waals surface area contributed by atoms with Gasteiger partial charge in [-0.05, 0) is 14.0 Å². The SMILES string of the molecule is CC1CN(C=O)C(CO)CN1C. The van der Waals surface area contributed by atoms with E-state index in [2.05, 4.69) is 11.8 Å². The molecule has 0 saturated carbocycles. The van der Waals surface area contributed by atoms with Gasteiger partial charge in [-0.3, -0.25) is 9.69 Å². The molecule has 0 spiro atoms. The van der Waals surface area contributed by atoms with Crippen molar-refractivity contribution in [2.75, 3.05) is 26.7 Å². The van der Waals surface area contributed by atoms with Gasteiger partial charge in [0.25, 0.3) is 0 Å². The molecule has 0 bridgehead atoms. The van der Waals surface area contributed by atoms with Gasteiger partial charge in [0, 0.05) is 19.1 Å². The van der Waals surface area contributed by atoms with Gasteiger partial charge in [-0.15, -0.1) is 0 Å². The van der Waals surface area contributed by atoms with Crippen LogP contribution in [0, 0.1) is 0 Å². The van der Waals surface area contributed by atoms with Crippen LogP contribution < -0.4 is 0 Å². The average Bonchev–Trinajstić information content (AvgIpc) is 2.09. The highest BCUT2D eigenvalue weighted by Crippen LogP contribution is 2.10. The number of nitrogens with zero attached hydrogens (tertiary/aromatic N) is 2. The summed E-state index contributed by atoms with van der Waals surface area (Å²) in [5.41, 5.74) is 0. The standard InChI is InChI=1S/C8H16N2O2/c1-7-3-10(6-12)8(5-11)4-9(7)2/h6-8,11H,3-5H2,1-2H3. The molecule has 2 atom stereocenters. The maximum absolute atomic E-state index is 10.6. The van der Waals surface area contributed by atoms with Gasteiger partial charge in [0.1, 0.15) is 0 Å². The molecule has 0 radical (unpaired) electrons. The minimum absolute atomic E-state index is 0.0244. The molecule has 1 aliphatic heterocycles. The number of amides is 1. The smallest absolute Gasteiger partial charge is 0.210 e. The van der Waals surface area contributed by atoms with Crippen molar-refractivity contribution in [2.24, 2.45) is 0 Å². The summed E-state index contributed by atoms with van der Waals surface area (Å²) in [5.74, 6) is 0. The molecule has 1 rings (SSSR count). The van der Waals surface area contributed by atoms with Crippen LogP contribution in [0.1, 0.15) is 6.92 Å². The summed E-state index contributed by atoms with van der Waals surface area (Å²) < 4.78 is 0. The lowest BCUT2D eigenvalue weighted by molar-refractivity contribution is -0.124. The second-order valence-corrected chi connectivity index (χ2v) is 3.43. The van der Waals surface area contributed by atoms with E-state index < -0.39 is 0 Å². The number of rotatable bonds is 2. The number of hydrogen-bond donors (Lipinski definition) is 1. The van der Waals surface area contributed by atoms with Gasteiger partial charge in [0.15, 0.2) is 0 Å². The third-order valence-corrected chi connectivity index (χ3v) is 2.54. The number of likely N-dealkylation sites (N-methyl/N-ethyl adjacent to an activating group) is 1. The van der Waals surface area contributed by atoms with Crippen molar-refractivity contribution in [3.05, 3.63) is 0 Å². The number of hydrogen-bond acceptors (Lipinski definition) is 3. The van der Waals surface area contributed by atoms with Crippen LogP contribution in [0.15, 0.2) is 0 Å². The largest absolute Gasteiger partial charge is 0.394 e. The predicted molar refractivity (Wildman–Crippen MR) is 45.7 cm³/mol. The number of aliphatic hydroxyl groups is 1. The molecule has 1 aliphatic rings. The lowest BCUT2D eigenvalue weighted by atomic mass is 10.1. The Morgan fingerprint density at radius 3 is 2.75 bits per heavy atom. The van der Waals surface area contributed by atoms with Crippen LogP contribution in [-0.2, 0) is 4.79 Å². The highest BCUT2D eigenvalue weighted by Gasteiger charge is 2.27. The van der Waals surface area contributed by atoms with Crippen molar-refractivity contribution >= 4 is 6.41 Å². The molecule has 1 N–H and O–H groups in total. The molecule has 0 aromatic rings. The molecular formula is C8H16N2O2. The quantitative estimate of drug-likeness (QED) is 0.551. The molecule has 1 heterocycles. The highest BCUT2D eigenvalue weighted by atomic mass is 16.3. The number of carbonyl (C=O) groups is 1. The molecule has 0 aromatic heterocycles. The first-order valence-electron chi connectivity index (χ1n) is 4.21. The van der Waals surface area contributed by atoms with E-state index in [1.807, 2.05) is 7.05 Å². The number of aliphatic hydroxyl groups excluding tert-OH is 1. The van der Waals surface area contributed by atoms with Crippen LogP contribution in [0.5, 0.6) is 0 Å². The first kappa shape index (κ1) is 9.48. The fourth-order valence-corrected chi connectivity index (χ4v) is 1.50. The molecule has 4 heteroatoms. The zero-order chi connectivity index (χ0) is 9.14. The Kier molecular flexibility index (Phi) is 3.05. The molecule has 1 amide bonds. The summed E-state index contributed by atoms with van der Waals surface area (Å²) in [6.07, 6.45) is 0.824. The highest BCUT2D eigenvalue weighted by molar-refractivity contribution is 5.48. The minimum atomic E-state index is -0.0244. The van der Waals surface area contributed by atoms with Gasteiger partial charge >= 0.3 is 0 Å². The Hall–Kier alpha value is -0.610. The second kappa shape index (κ2) is 3.87. The normalized spacial score (nSPS) is 32.1. The van der Waals surface area contributed by atoms with Crippen LogP contribution in [0.3, 0.4) is 0 Å². The average molecular weight is 172 g/mol. The Bertz CT molecular complexity index is 163. The molecule has 0 aromatic carbocycles. The van der Waals surface area contributed by atoms with Crippen molar-refractivity contribution in [1.82, 2.24) is 9.80 Å². The van der Waals surface area contributed by atoms with Crippen molar-refractivity contribution in [3.63, 3.8) is 0 Å². The predicted octanol–water partition coefficient (Wildman–Crippen LogP) is -0.860. The first-order chi connectivity index (χ1) is 5.69. The molecule has 1 fully saturated rings. The van der Waals surface area contributed by atoms with Crippen LogP contribution in [0.4, 0.5) is 0 Å². The maximum Gasteiger partial charge on any atom is 0.210 e. The van der Waals surface area contributed by atoms with E-state index in [1.165, 1.54) is 0 Å². The first-order valence-corrected chi connectivity index (χ1v) is 4.21. The van der Waals surface area contributed by atoms with Crippen molar-refractivity contribution in [1.29, 1.82) is 0 Å². The second-order valence-electron chi connectivity index (χ2n) is 3.43. The van der Waals surface area contributed by atoms with E-state index in [0.29, 0.717) is 12.6 Å². The van der Waals surface area contributed by atoms with Gasteiger partial charge in [0.05, 0.1) is 12.6 Å². The molecular weight excluding hydrogens is 156 g/mol. The topological polar surface area (TPSA) is 43.8 Å². The monoisotopic (exact) mass is 172 g/mol. The van der Waals surface area contributed by atoms with Gasteiger partial charge in [0.2, 0.25) is 6.41 Å². The van der Waals surface area contributed by atoms with E-state index in [9.17, 15) is 4.79 Å². The summed E-state index contributed by atoms with van der Waals surface area (Å²) in [6, 6.07) is 0.363. The summed E-state index contributed by atoms with van der Waals surface area (Å²) in [7, 11) is 2.01. The maximum atomic E-state index is 10.6. The molecule has 4 nitrogen and oxygen atoms in total. The number of carbonyl (C=O) groups excluding carboxylic acids is 1. The van der Waals surface area contributed by atoms with E-state index in [0.717, 1.165) is 13.0 Å². The molecule has 1 saturated heterocycles. The summed E-state index contributed by atoms with van der Waals surface area (Å²) in [6.45, 7) is 3.60. The van der Waals surface area contributed by atoms with Gasteiger partial charge in [-0.2, -0.15) is 0 Å². The van der Waals surface area contributed by atoms with E-state index >= 15 is 0 Å².